The monoisotopic (exact) mass is 529 g/mol. The Morgan fingerprint density at radius 1 is 1.24 bits per heavy atom. The number of hydrogen-bond acceptors (Lipinski definition) is 6. The van der Waals surface area contributed by atoms with Crippen LogP contribution < -0.4 is 11.2 Å². The third-order valence-corrected chi connectivity index (χ3v) is 6.73. The summed E-state index contributed by atoms with van der Waals surface area (Å²) in [6.07, 6.45) is 5.54. The number of aromatic nitrogens is 2. The molecule has 1 aliphatic carbocycles. The van der Waals surface area contributed by atoms with Gasteiger partial charge in [-0.15, -0.1) is 6.42 Å². The number of terminal acetylenes is 1. The molecule has 1 aromatic rings. The van der Waals surface area contributed by atoms with Gasteiger partial charge in [-0.05, 0) is 19.3 Å². The minimum atomic E-state index is -4.96. The van der Waals surface area contributed by atoms with E-state index in [9.17, 15) is 27.6 Å². The second kappa shape index (κ2) is 13.1. The first kappa shape index (κ1) is 28.8. The molecule has 0 radical (unpaired) electrons. The molecule has 9 nitrogen and oxygen atoms in total. The first-order chi connectivity index (χ1) is 17.7. The summed E-state index contributed by atoms with van der Waals surface area (Å²) in [5.41, 5.74) is -4.13. The molecule has 12 heteroatoms. The number of carbonyl (C=O) groups excluding carboxylic acids is 1. The van der Waals surface area contributed by atoms with Crippen LogP contribution in [-0.2, 0) is 20.4 Å². The van der Waals surface area contributed by atoms with Crippen LogP contribution in [0, 0.1) is 12.3 Å². The van der Waals surface area contributed by atoms with Crippen LogP contribution in [0.4, 0.5) is 18.0 Å². The predicted molar refractivity (Wildman–Crippen MR) is 128 cm³/mol. The topological polar surface area (TPSA) is 103 Å². The van der Waals surface area contributed by atoms with Crippen molar-refractivity contribution in [3.05, 3.63) is 32.6 Å². The Bertz CT molecular complexity index is 1060. The van der Waals surface area contributed by atoms with Crippen LogP contribution in [0.5, 0.6) is 0 Å². The van der Waals surface area contributed by atoms with Crippen LogP contribution in [0.25, 0.3) is 0 Å². The summed E-state index contributed by atoms with van der Waals surface area (Å²) in [6.45, 7) is 2.18. The van der Waals surface area contributed by atoms with Crippen molar-refractivity contribution >= 4 is 6.09 Å². The first-order valence-corrected chi connectivity index (χ1v) is 12.7. The number of nitrogens with one attached hydrogen (secondary N) is 1. The Balaban J connectivity index is 1.74. The summed E-state index contributed by atoms with van der Waals surface area (Å²) in [5.74, 6) is 2.31. The number of ether oxygens (including phenoxy) is 3. The van der Waals surface area contributed by atoms with Crippen LogP contribution in [0.1, 0.15) is 76.5 Å². The summed E-state index contributed by atoms with van der Waals surface area (Å²) in [6, 6.07) is 0.0824. The third kappa shape index (κ3) is 7.61. The summed E-state index contributed by atoms with van der Waals surface area (Å²) >= 11 is 0. The number of amides is 1. The maximum Gasteiger partial charge on any atom is 0.423 e. The van der Waals surface area contributed by atoms with E-state index in [2.05, 4.69) is 5.92 Å². The number of halogens is 3. The van der Waals surface area contributed by atoms with E-state index in [-0.39, 0.29) is 25.7 Å². The van der Waals surface area contributed by atoms with Crippen LogP contribution >= 0.6 is 0 Å². The lowest BCUT2D eigenvalue weighted by Crippen LogP contribution is -2.43. The fourth-order valence-corrected chi connectivity index (χ4v) is 4.90. The highest BCUT2D eigenvalue weighted by atomic mass is 19.4. The normalized spacial score (nSPS) is 23.2. The molecule has 2 fully saturated rings. The second-order valence-corrected chi connectivity index (χ2v) is 9.39. The molecule has 1 saturated carbocycles. The zero-order valence-corrected chi connectivity index (χ0v) is 20.9. The molecule has 1 aliphatic heterocycles. The minimum Gasteiger partial charge on any atom is -0.447 e. The molecule has 1 N–H and O–H groups in total. The number of aromatic amines is 1. The average molecular weight is 530 g/mol. The number of rotatable bonds is 8. The zero-order valence-electron chi connectivity index (χ0n) is 20.9. The molecular formula is C25H34F3N3O6. The Kier molecular flexibility index (Phi) is 10.2. The van der Waals surface area contributed by atoms with Gasteiger partial charge in [-0.25, -0.2) is 9.59 Å². The van der Waals surface area contributed by atoms with Crippen molar-refractivity contribution in [2.75, 3.05) is 19.8 Å². The van der Waals surface area contributed by atoms with E-state index in [0.717, 1.165) is 44.9 Å². The lowest BCUT2D eigenvalue weighted by Gasteiger charge is -2.32. The highest BCUT2D eigenvalue weighted by Gasteiger charge is 2.41. The molecule has 0 aromatic carbocycles. The molecule has 1 saturated heterocycles. The fourth-order valence-electron chi connectivity index (χ4n) is 4.90. The third-order valence-electron chi connectivity index (χ3n) is 6.73. The van der Waals surface area contributed by atoms with Gasteiger partial charge in [-0.1, -0.05) is 44.9 Å². The predicted octanol–water partition coefficient (Wildman–Crippen LogP) is 3.82. The fraction of sp³-hybridized carbons (Fsp3) is 0.720. The van der Waals surface area contributed by atoms with Gasteiger partial charge in [-0.2, -0.15) is 13.2 Å². The van der Waals surface area contributed by atoms with Crippen molar-refractivity contribution in [1.82, 2.24) is 14.5 Å². The van der Waals surface area contributed by atoms with Gasteiger partial charge in [0.1, 0.15) is 31.1 Å². The lowest BCUT2D eigenvalue weighted by atomic mass is 9.95. The Morgan fingerprint density at radius 3 is 2.54 bits per heavy atom. The Morgan fingerprint density at radius 2 is 1.92 bits per heavy atom. The number of nitrogens with zero attached hydrogens (tertiary/aromatic N) is 2. The summed E-state index contributed by atoms with van der Waals surface area (Å²) in [7, 11) is 0. The highest BCUT2D eigenvalue weighted by molar-refractivity contribution is 5.68. The lowest BCUT2D eigenvalue weighted by molar-refractivity contribution is -0.139. The molecule has 2 heterocycles. The largest absolute Gasteiger partial charge is 0.447 e. The van der Waals surface area contributed by atoms with E-state index < -0.39 is 47.5 Å². The van der Waals surface area contributed by atoms with E-state index in [1.54, 1.807) is 9.88 Å². The SMILES string of the molecule is C#CCO[C@H]1C[C@H](n2cc(C(F)(F)F)c(=O)[nH]c2=O)O[C@@H]1COC(=O)N(CCC)C1CCCCCCC1. The van der Waals surface area contributed by atoms with Crippen molar-refractivity contribution in [2.24, 2.45) is 0 Å². The van der Waals surface area contributed by atoms with E-state index >= 15 is 0 Å². The van der Waals surface area contributed by atoms with E-state index in [0.29, 0.717) is 17.3 Å². The van der Waals surface area contributed by atoms with Gasteiger partial charge in [0, 0.05) is 25.2 Å². The molecule has 206 valence electrons. The van der Waals surface area contributed by atoms with Gasteiger partial charge in [0.25, 0.3) is 5.56 Å². The van der Waals surface area contributed by atoms with Gasteiger partial charge < -0.3 is 19.1 Å². The molecule has 0 spiro atoms. The number of hydrogen-bond donors (Lipinski definition) is 1. The van der Waals surface area contributed by atoms with E-state index in [1.165, 1.54) is 6.42 Å². The smallest absolute Gasteiger partial charge is 0.423 e. The highest BCUT2D eigenvalue weighted by Crippen LogP contribution is 2.32. The van der Waals surface area contributed by atoms with Crippen LogP contribution in [0.3, 0.4) is 0 Å². The van der Waals surface area contributed by atoms with Gasteiger partial charge in [0.2, 0.25) is 0 Å². The molecule has 1 aromatic heterocycles. The molecule has 3 rings (SSSR count). The van der Waals surface area contributed by atoms with Crippen molar-refractivity contribution in [1.29, 1.82) is 0 Å². The van der Waals surface area contributed by atoms with Gasteiger partial charge in [0.05, 0.1) is 6.10 Å². The van der Waals surface area contributed by atoms with Crippen molar-refractivity contribution < 1.29 is 32.2 Å². The molecular weight excluding hydrogens is 495 g/mol. The van der Waals surface area contributed by atoms with Gasteiger partial charge >= 0.3 is 18.0 Å². The quantitative estimate of drug-likeness (QED) is 0.514. The van der Waals surface area contributed by atoms with Crippen LogP contribution in [0.2, 0.25) is 0 Å². The van der Waals surface area contributed by atoms with Gasteiger partial charge in [0.15, 0.2) is 0 Å². The standard InChI is InChI=1S/C25H34F3N3O6/c1-3-12-30(17-10-8-6-5-7-9-11-17)24(34)36-16-20-19(35-13-4-2)14-21(37-20)31-15-18(25(26,27)28)22(32)29-23(31)33/h2,15,17,19-21H,3,5-14,16H2,1H3,(H,29,32,33)/t19-,20+,21+/m0/s1. The molecule has 37 heavy (non-hydrogen) atoms. The summed E-state index contributed by atoms with van der Waals surface area (Å²) in [4.78, 5) is 40.4. The van der Waals surface area contributed by atoms with Crippen LogP contribution in [-0.4, -0.2) is 58.6 Å². The Hall–Kier alpha value is -2.78. The van der Waals surface area contributed by atoms with Crippen molar-refractivity contribution in [2.45, 2.75) is 95.4 Å². The second-order valence-electron chi connectivity index (χ2n) is 9.39. The van der Waals surface area contributed by atoms with Crippen LogP contribution in [0.15, 0.2) is 15.8 Å². The average Bonchev–Trinajstić information content (AvgIpc) is 3.21. The number of alkyl halides is 3. The number of carbonyl (C=O) groups is 1. The molecule has 2 aliphatic rings. The van der Waals surface area contributed by atoms with E-state index in [4.69, 9.17) is 20.6 Å². The maximum atomic E-state index is 13.2. The number of H-pyrrole nitrogens is 1. The maximum absolute atomic E-state index is 13.2. The van der Waals surface area contributed by atoms with Crippen molar-refractivity contribution in [3.63, 3.8) is 0 Å². The zero-order chi connectivity index (χ0) is 27.0. The first-order valence-electron chi connectivity index (χ1n) is 12.7. The van der Waals surface area contributed by atoms with E-state index in [1.807, 2.05) is 6.92 Å². The molecule has 1 amide bonds. The minimum absolute atomic E-state index is 0.0333. The van der Waals surface area contributed by atoms with Gasteiger partial charge in [-0.3, -0.25) is 14.3 Å². The molecule has 0 unspecified atom stereocenters. The molecule has 0 bridgehead atoms. The molecule has 3 atom stereocenters. The van der Waals surface area contributed by atoms with Crippen molar-refractivity contribution in [3.8, 4) is 12.3 Å². The summed E-state index contributed by atoms with van der Waals surface area (Å²) in [5, 5.41) is 0. The summed E-state index contributed by atoms with van der Waals surface area (Å²) < 4.78 is 57.3. The Labute approximate surface area is 213 Å².